The molecule has 2 aliphatic rings. The van der Waals surface area contributed by atoms with Gasteiger partial charge in [-0.15, -0.1) is 0 Å². The fourth-order valence-corrected chi connectivity index (χ4v) is 8.68. The van der Waals surface area contributed by atoms with Crippen LogP contribution in [0.1, 0.15) is 142 Å². The molecule has 202 valence electrons. The smallest absolute Gasteiger partial charge is 0.00142 e. The van der Waals surface area contributed by atoms with E-state index in [1.54, 1.807) is 77.9 Å². The second-order valence-electron chi connectivity index (χ2n) is 12.0. The molecule has 0 unspecified atom stereocenters. The molecule has 2 aliphatic carbocycles. The normalized spacial score (nSPS) is 13.7. The van der Waals surface area contributed by atoms with Crippen molar-refractivity contribution < 1.29 is 0 Å². The minimum atomic E-state index is 1.13. The zero-order chi connectivity index (χ0) is 27.5. The van der Waals surface area contributed by atoms with E-state index in [-0.39, 0.29) is 0 Å². The fourth-order valence-electron chi connectivity index (χ4n) is 8.68. The summed E-state index contributed by atoms with van der Waals surface area (Å²) in [6.45, 7) is 23.8. The molecule has 0 radical (unpaired) electrons. The lowest BCUT2D eigenvalue weighted by atomic mass is 9.68. The molecule has 0 heteroatoms. The van der Waals surface area contributed by atoms with Crippen LogP contribution in [0.15, 0.2) is 0 Å². The molecule has 0 fully saturated rings. The molecule has 3 aromatic carbocycles. The van der Waals surface area contributed by atoms with Gasteiger partial charge in [0.2, 0.25) is 0 Å². The summed E-state index contributed by atoms with van der Waals surface area (Å²) in [5.41, 5.74) is 29.7. The molecule has 5 rings (SSSR count). The van der Waals surface area contributed by atoms with E-state index in [1.165, 1.54) is 35.1 Å². The summed E-state index contributed by atoms with van der Waals surface area (Å²) >= 11 is 0. The van der Waals surface area contributed by atoms with Crippen LogP contribution in [-0.4, -0.2) is 0 Å². The first-order chi connectivity index (χ1) is 18.3. The van der Waals surface area contributed by atoms with Gasteiger partial charge in [-0.25, -0.2) is 0 Å². The van der Waals surface area contributed by atoms with Crippen LogP contribution < -0.4 is 0 Å². The lowest BCUT2D eigenvalue weighted by Crippen LogP contribution is -2.24. The van der Waals surface area contributed by atoms with Crippen molar-refractivity contribution >= 4 is 0 Å². The Kier molecular flexibility index (Phi) is 7.40. The first-order valence-electron chi connectivity index (χ1n) is 15.7. The molecule has 0 aromatic heterocycles. The van der Waals surface area contributed by atoms with E-state index in [1.807, 2.05) is 0 Å². The van der Waals surface area contributed by atoms with Gasteiger partial charge in [-0.2, -0.15) is 0 Å². The van der Waals surface area contributed by atoms with Crippen LogP contribution in [-0.2, 0) is 64.2 Å². The third-order valence-corrected chi connectivity index (χ3v) is 10.9. The summed E-state index contributed by atoms with van der Waals surface area (Å²) < 4.78 is 0. The molecular weight excluding hydrogens is 456 g/mol. The lowest BCUT2D eigenvalue weighted by Gasteiger charge is -2.36. The Labute approximate surface area is 233 Å². The van der Waals surface area contributed by atoms with Crippen LogP contribution in [0.5, 0.6) is 0 Å². The van der Waals surface area contributed by atoms with Crippen LogP contribution in [0.25, 0.3) is 0 Å². The summed E-state index contributed by atoms with van der Waals surface area (Å²) in [7, 11) is 0. The van der Waals surface area contributed by atoms with Gasteiger partial charge in [-0.05, 0) is 192 Å². The molecule has 0 saturated heterocycles. The predicted molar refractivity (Wildman–Crippen MR) is 166 cm³/mol. The highest BCUT2D eigenvalue weighted by atomic mass is 14.4. The maximum Gasteiger partial charge on any atom is -0.00142 e. The van der Waals surface area contributed by atoms with E-state index >= 15 is 0 Å². The summed E-state index contributed by atoms with van der Waals surface area (Å²) in [5, 5.41) is 0. The number of hydrogen-bond donors (Lipinski definition) is 0. The van der Waals surface area contributed by atoms with Gasteiger partial charge in [0.25, 0.3) is 0 Å². The van der Waals surface area contributed by atoms with Crippen molar-refractivity contribution in [1.82, 2.24) is 0 Å². The molecule has 0 nitrogen and oxygen atoms in total. The Morgan fingerprint density at radius 2 is 0.526 bits per heavy atom. The van der Waals surface area contributed by atoms with Gasteiger partial charge < -0.3 is 0 Å². The van der Waals surface area contributed by atoms with Gasteiger partial charge in [-0.3, -0.25) is 0 Å². The van der Waals surface area contributed by atoms with Crippen LogP contribution in [0.4, 0.5) is 0 Å². The average Bonchev–Trinajstić information content (AvgIpc) is 2.94. The van der Waals surface area contributed by atoms with Crippen molar-refractivity contribution in [2.45, 2.75) is 133 Å². The Morgan fingerprint density at radius 1 is 0.289 bits per heavy atom. The monoisotopic (exact) mass is 506 g/mol. The van der Waals surface area contributed by atoms with Crippen LogP contribution in [0.3, 0.4) is 0 Å². The molecule has 0 atom stereocenters. The highest BCUT2D eigenvalue weighted by Crippen LogP contribution is 2.45. The second kappa shape index (κ2) is 10.3. The molecule has 3 aromatic rings. The van der Waals surface area contributed by atoms with Gasteiger partial charge in [0, 0.05) is 0 Å². The standard InChI is InChI=1S/C38H50/c1-11-25-26(12-2)28(14-4)36-20-38-30(16-6)34-18-32-24(10)22(8)21(7)23(9)31(32)17-33(34)29(15-5)37(38)19-35(36)27(25)13-3/h11-20H2,1-10H3. The second-order valence-corrected chi connectivity index (χ2v) is 12.0. The summed E-state index contributed by atoms with van der Waals surface area (Å²) in [6, 6.07) is 0. The van der Waals surface area contributed by atoms with E-state index < -0.39 is 0 Å². The molecule has 0 N–H and O–H groups in total. The van der Waals surface area contributed by atoms with Crippen LogP contribution >= 0.6 is 0 Å². The largest absolute Gasteiger partial charge is 0.0613 e. The summed E-state index contributed by atoms with van der Waals surface area (Å²) in [5.74, 6) is 0. The van der Waals surface area contributed by atoms with Crippen molar-refractivity contribution in [2.24, 2.45) is 0 Å². The number of fused-ring (bicyclic) bond motifs is 4. The van der Waals surface area contributed by atoms with Gasteiger partial charge in [0.15, 0.2) is 0 Å². The molecule has 0 bridgehead atoms. The highest BCUT2D eigenvalue weighted by Gasteiger charge is 2.33. The molecule has 0 aliphatic heterocycles. The zero-order valence-corrected chi connectivity index (χ0v) is 26.1. The van der Waals surface area contributed by atoms with Gasteiger partial charge in [0.05, 0.1) is 0 Å². The lowest BCUT2D eigenvalue weighted by molar-refractivity contribution is 0.824. The summed E-state index contributed by atoms with van der Waals surface area (Å²) in [6.07, 6.45) is 11.5. The third-order valence-electron chi connectivity index (χ3n) is 10.9. The first kappa shape index (κ1) is 27.2. The fraction of sp³-hybridized carbons (Fsp3) is 0.526. The maximum absolute atomic E-state index is 2.42. The Hall–Kier alpha value is -2.34. The van der Waals surface area contributed by atoms with E-state index in [0.29, 0.717) is 0 Å². The number of hydrogen-bond acceptors (Lipinski definition) is 0. The number of benzene rings is 3. The highest BCUT2D eigenvalue weighted by molar-refractivity contribution is 5.66. The number of rotatable bonds is 6. The summed E-state index contributed by atoms with van der Waals surface area (Å²) in [4.78, 5) is 0. The van der Waals surface area contributed by atoms with E-state index in [4.69, 9.17) is 0 Å². The Bertz CT molecular complexity index is 1330. The quantitative estimate of drug-likeness (QED) is 0.215. The van der Waals surface area contributed by atoms with Crippen molar-refractivity contribution in [3.63, 3.8) is 0 Å². The van der Waals surface area contributed by atoms with E-state index in [9.17, 15) is 0 Å². The van der Waals surface area contributed by atoms with Gasteiger partial charge in [0.1, 0.15) is 0 Å². The minimum Gasteiger partial charge on any atom is -0.0613 e. The van der Waals surface area contributed by atoms with Crippen molar-refractivity contribution in [3.05, 3.63) is 100 Å². The molecule has 0 heterocycles. The molecule has 0 spiro atoms. The molecule has 0 amide bonds. The van der Waals surface area contributed by atoms with Crippen LogP contribution in [0, 0.1) is 27.7 Å². The van der Waals surface area contributed by atoms with Crippen molar-refractivity contribution in [1.29, 1.82) is 0 Å². The van der Waals surface area contributed by atoms with Gasteiger partial charge in [-0.1, -0.05) is 41.5 Å². The van der Waals surface area contributed by atoms with E-state index in [2.05, 4.69) is 69.2 Å². The minimum absolute atomic E-state index is 1.13. The van der Waals surface area contributed by atoms with Gasteiger partial charge >= 0.3 is 0 Å². The Morgan fingerprint density at radius 3 is 0.789 bits per heavy atom. The SMILES string of the molecule is CCc1c(CC)c(CC)c2c(c1CC)Cc1c(CC)c3c(c(CC)c1C2)Cc1c(C)c(C)c(C)c(C)c1C3. The third kappa shape index (κ3) is 3.76. The zero-order valence-electron chi connectivity index (χ0n) is 26.1. The van der Waals surface area contributed by atoms with E-state index in [0.717, 1.165) is 51.4 Å². The van der Waals surface area contributed by atoms with Crippen molar-refractivity contribution in [3.8, 4) is 0 Å². The first-order valence-corrected chi connectivity index (χ1v) is 15.7. The molecule has 0 saturated carbocycles. The molecular formula is C38H50. The molecule has 38 heavy (non-hydrogen) atoms. The topological polar surface area (TPSA) is 0 Å². The van der Waals surface area contributed by atoms with Crippen LogP contribution in [0.2, 0.25) is 0 Å². The van der Waals surface area contributed by atoms with Crippen molar-refractivity contribution in [2.75, 3.05) is 0 Å². The Balaban J connectivity index is 1.79. The average molecular weight is 507 g/mol. The maximum atomic E-state index is 2.42. The predicted octanol–water partition coefficient (Wildman–Crippen LogP) is 9.28.